The van der Waals surface area contributed by atoms with Gasteiger partial charge in [0.2, 0.25) is 8.87 Å². The summed E-state index contributed by atoms with van der Waals surface area (Å²) < 4.78 is 23.6. The Morgan fingerprint density at radius 1 is 1.41 bits per heavy atom. The zero-order valence-electron chi connectivity index (χ0n) is 9.16. The minimum absolute atomic E-state index is 0.158. The van der Waals surface area contributed by atoms with Gasteiger partial charge in [0.25, 0.3) is 0 Å². The molecule has 0 amide bonds. The number of hydrogen-bond donors (Lipinski definition) is 2. The lowest BCUT2D eigenvalue weighted by atomic mass is 10.2. The highest BCUT2D eigenvalue weighted by atomic mass is 33.1. The van der Waals surface area contributed by atoms with Gasteiger partial charge in [-0.3, -0.25) is 4.79 Å². The fraction of sp³-hybridized carbons (Fsp3) is 0.300. The molecule has 0 fully saturated rings. The van der Waals surface area contributed by atoms with Crippen LogP contribution >= 0.6 is 10.8 Å². The van der Waals surface area contributed by atoms with Gasteiger partial charge >= 0.3 is 5.97 Å². The van der Waals surface area contributed by atoms with E-state index in [2.05, 4.69) is 0 Å². The summed E-state index contributed by atoms with van der Waals surface area (Å²) in [7, 11) is -2.99. The van der Waals surface area contributed by atoms with Crippen molar-refractivity contribution >= 4 is 25.6 Å². The Morgan fingerprint density at radius 2 is 1.94 bits per heavy atom. The molecule has 1 aromatic carbocycles. The molecule has 94 valence electrons. The van der Waals surface area contributed by atoms with Gasteiger partial charge in [0.05, 0.1) is 4.90 Å². The number of aryl methyl sites for hydroxylation is 1. The highest BCUT2D eigenvalue weighted by molar-refractivity contribution is 8.72. The lowest BCUT2D eigenvalue weighted by molar-refractivity contribution is -0.137. The fourth-order valence-electron chi connectivity index (χ4n) is 1.01. The molecule has 7 heteroatoms. The number of nitrogens with two attached hydrogens (primary N) is 1. The molecule has 1 rings (SSSR count). The van der Waals surface area contributed by atoms with E-state index in [-0.39, 0.29) is 10.6 Å². The lowest BCUT2D eigenvalue weighted by Gasteiger charge is -2.07. The van der Waals surface area contributed by atoms with E-state index < -0.39 is 20.9 Å². The van der Waals surface area contributed by atoms with E-state index in [1.807, 2.05) is 6.92 Å². The number of carboxylic acids is 1. The third-order valence-electron chi connectivity index (χ3n) is 2.03. The molecule has 0 heterocycles. The van der Waals surface area contributed by atoms with Crippen LogP contribution in [0.15, 0.2) is 29.2 Å². The fourth-order valence-corrected chi connectivity index (χ4v) is 3.80. The Hall–Kier alpha value is -1.05. The van der Waals surface area contributed by atoms with Gasteiger partial charge in [-0.1, -0.05) is 17.7 Å². The van der Waals surface area contributed by atoms with Crippen LogP contribution < -0.4 is 5.73 Å². The summed E-state index contributed by atoms with van der Waals surface area (Å²) in [5.74, 6) is -1.39. The molecule has 0 aliphatic heterocycles. The van der Waals surface area contributed by atoms with Gasteiger partial charge < -0.3 is 10.8 Å². The number of rotatable bonds is 5. The van der Waals surface area contributed by atoms with E-state index in [0.717, 1.165) is 5.56 Å². The van der Waals surface area contributed by atoms with E-state index in [0.29, 0.717) is 10.8 Å². The predicted octanol–water partition coefficient (Wildman–Crippen LogP) is 0.829. The molecule has 1 unspecified atom stereocenters. The summed E-state index contributed by atoms with van der Waals surface area (Å²) >= 11 is 0. The number of carbonyl (C=O) groups is 1. The van der Waals surface area contributed by atoms with Crippen molar-refractivity contribution in [1.29, 1.82) is 0 Å². The second kappa shape index (κ2) is 5.52. The molecule has 0 aromatic heterocycles. The van der Waals surface area contributed by atoms with E-state index >= 15 is 0 Å². The Labute approximate surface area is 103 Å². The number of benzene rings is 1. The van der Waals surface area contributed by atoms with Gasteiger partial charge in [-0.05, 0) is 29.9 Å². The van der Waals surface area contributed by atoms with Crippen molar-refractivity contribution in [2.24, 2.45) is 5.73 Å². The van der Waals surface area contributed by atoms with E-state index in [1.165, 1.54) is 12.1 Å². The monoisotopic (exact) mass is 275 g/mol. The molecule has 0 aliphatic carbocycles. The van der Waals surface area contributed by atoms with Crippen LogP contribution in [0.25, 0.3) is 0 Å². The second-order valence-corrected chi connectivity index (χ2v) is 7.47. The maximum absolute atomic E-state index is 11.8. The summed E-state index contributed by atoms with van der Waals surface area (Å²) in [5.41, 5.74) is 6.20. The molecule has 0 radical (unpaired) electrons. The normalized spacial score (nSPS) is 13.3. The molecule has 0 spiro atoms. The molecule has 0 aliphatic rings. The number of aliphatic carboxylic acids is 1. The van der Waals surface area contributed by atoms with Crippen molar-refractivity contribution in [1.82, 2.24) is 0 Å². The highest BCUT2D eigenvalue weighted by Crippen LogP contribution is 2.23. The summed E-state index contributed by atoms with van der Waals surface area (Å²) in [6.45, 7) is 1.85. The molecule has 3 N–H and O–H groups in total. The average Bonchev–Trinajstić information content (AvgIpc) is 2.26. The lowest BCUT2D eigenvalue weighted by Crippen LogP contribution is -2.32. The van der Waals surface area contributed by atoms with E-state index in [1.54, 1.807) is 12.1 Å². The van der Waals surface area contributed by atoms with Gasteiger partial charge in [0.1, 0.15) is 6.04 Å². The molecular weight excluding hydrogens is 262 g/mol. The first kappa shape index (κ1) is 14.0. The van der Waals surface area contributed by atoms with Crippen LogP contribution in [-0.4, -0.2) is 31.3 Å². The Balaban J connectivity index is 2.76. The van der Waals surface area contributed by atoms with Gasteiger partial charge in [-0.2, -0.15) is 0 Å². The zero-order chi connectivity index (χ0) is 13.1. The van der Waals surface area contributed by atoms with Crippen molar-refractivity contribution in [3.05, 3.63) is 29.8 Å². The van der Waals surface area contributed by atoms with Crippen molar-refractivity contribution < 1.29 is 18.3 Å². The van der Waals surface area contributed by atoms with Crippen molar-refractivity contribution in [3.63, 3.8) is 0 Å². The van der Waals surface area contributed by atoms with Crippen LogP contribution in [0.5, 0.6) is 0 Å². The Kier molecular flexibility index (Phi) is 4.55. The average molecular weight is 275 g/mol. The second-order valence-electron chi connectivity index (χ2n) is 3.50. The minimum atomic E-state index is -3.53. The molecule has 5 nitrogen and oxygen atoms in total. The van der Waals surface area contributed by atoms with Crippen LogP contribution in [0.1, 0.15) is 5.56 Å². The van der Waals surface area contributed by atoms with Gasteiger partial charge in [-0.15, -0.1) is 0 Å². The molecule has 0 saturated carbocycles. The molecule has 0 saturated heterocycles. The molecular formula is C10H13NO4S2. The first-order chi connectivity index (χ1) is 7.83. The maximum atomic E-state index is 11.8. The molecule has 17 heavy (non-hydrogen) atoms. The minimum Gasteiger partial charge on any atom is -0.480 e. The van der Waals surface area contributed by atoms with Crippen LogP contribution in [-0.2, 0) is 13.7 Å². The molecule has 0 bridgehead atoms. The number of hydrogen-bond acceptors (Lipinski definition) is 5. The van der Waals surface area contributed by atoms with Crippen LogP contribution in [0, 0.1) is 6.92 Å². The third kappa shape index (κ3) is 4.03. The van der Waals surface area contributed by atoms with E-state index in [9.17, 15) is 13.2 Å². The third-order valence-corrected chi connectivity index (χ3v) is 5.60. The SMILES string of the molecule is Cc1ccc(S(=O)(=O)SCC(N)C(=O)O)cc1. The maximum Gasteiger partial charge on any atom is 0.321 e. The summed E-state index contributed by atoms with van der Waals surface area (Å²) in [5, 5.41) is 8.55. The van der Waals surface area contributed by atoms with Crippen molar-refractivity contribution in [3.8, 4) is 0 Å². The largest absolute Gasteiger partial charge is 0.480 e. The Morgan fingerprint density at radius 3 is 2.41 bits per heavy atom. The van der Waals surface area contributed by atoms with Gasteiger partial charge in [0, 0.05) is 5.75 Å². The highest BCUT2D eigenvalue weighted by Gasteiger charge is 2.19. The smallest absolute Gasteiger partial charge is 0.321 e. The molecule has 1 atom stereocenters. The zero-order valence-corrected chi connectivity index (χ0v) is 10.8. The van der Waals surface area contributed by atoms with E-state index in [4.69, 9.17) is 10.8 Å². The van der Waals surface area contributed by atoms with Gasteiger partial charge in [0.15, 0.2) is 0 Å². The number of carboxylic acid groups (broad SMARTS) is 1. The Bertz CT molecular complexity index is 496. The first-order valence-electron chi connectivity index (χ1n) is 4.77. The topological polar surface area (TPSA) is 97.5 Å². The van der Waals surface area contributed by atoms with Crippen LogP contribution in [0.4, 0.5) is 0 Å². The standard InChI is InChI=1S/C10H13NO4S2/c1-7-2-4-8(5-3-7)17(14,15)16-6-9(11)10(12)13/h2-5,9H,6,11H2,1H3,(H,12,13). The summed E-state index contributed by atoms with van der Waals surface area (Å²) in [4.78, 5) is 10.6. The van der Waals surface area contributed by atoms with Crippen LogP contribution in [0.3, 0.4) is 0 Å². The molecule has 1 aromatic rings. The van der Waals surface area contributed by atoms with Crippen molar-refractivity contribution in [2.45, 2.75) is 17.9 Å². The van der Waals surface area contributed by atoms with Crippen LogP contribution in [0.2, 0.25) is 0 Å². The first-order valence-corrected chi connectivity index (χ1v) is 7.76. The van der Waals surface area contributed by atoms with Crippen molar-refractivity contribution in [2.75, 3.05) is 5.75 Å². The predicted molar refractivity (Wildman–Crippen MR) is 66.4 cm³/mol. The van der Waals surface area contributed by atoms with Gasteiger partial charge in [-0.25, -0.2) is 8.42 Å². The summed E-state index contributed by atoms with van der Waals surface area (Å²) in [6, 6.07) is 5.17. The quantitative estimate of drug-likeness (QED) is 0.772. The summed E-state index contributed by atoms with van der Waals surface area (Å²) in [6.07, 6.45) is 0.